The Labute approximate surface area is 159 Å². The van der Waals surface area contributed by atoms with Crippen LogP contribution in [-0.2, 0) is 11.3 Å². The molecule has 7 heteroatoms. The molecular formula is C20H27N2O5+. The molecule has 1 amide bonds. The van der Waals surface area contributed by atoms with E-state index >= 15 is 0 Å². The highest BCUT2D eigenvalue weighted by atomic mass is 16.5. The van der Waals surface area contributed by atoms with E-state index in [1.807, 2.05) is 25.2 Å². The first-order chi connectivity index (χ1) is 13.0. The molecule has 7 nitrogen and oxygen atoms in total. The van der Waals surface area contributed by atoms with E-state index in [0.717, 1.165) is 10.5 Å². The Hall–Kier alpha value is -2.93. The van der Waals surface area contributed by atoms with Gasteiger partial charge in [0.1, 0.15) is 6.54 Å². The fourth-order valence-electron chi connectivity index (χ4n) is 2.87. The lowest BCUT2D eigenvalue weighted by atomic mass is 10.1. The zero-order valence-electron chi connectivity index (χ0n) is 16.4. The second-order valence-corrected chi connectivity index (χ2v) is 6.08. The number of quaternary nitrogens is 1. The minimum absolute atomic E-state index is 0.0958. The van der Waals surface area contributed by atoms with Gasteiger partial charge in [0.25, 0.3) is 5.91 Å². The van der Waals surface area contributed by atoms with Gasteiger partial charge in [-0.15, -0.1) is 0 Å². The maximum atomic E-state index is 12.4. The average molecular weight is 375 g/mol. The van der Waals surface area contributed by atoms with Gasteiger partial charge in [0.2, 0.25) is 0 Å². The Bertz CT molecular complexity index is 779. The summed E-state index contributed by atoms with van der Waals surface area (Å²) in [6.07, 6.45) is 0. The molecule has 1 unspecified atom stereocenters. The first kappa shape index (κ1) is 20.4. The summed E-state index contributed by atoms with van der Waals surface area (Å²) >= 11 is 0. The van der Waals surface area contributed by atoms with Crippen LogP contribution >= 0.6 is 0 Å². The second kappa shape index (κ2) is 9.68. The number of hydrogen-bond donors (Lipinski definition) is 2. The maximum absolute atomic E-state index is 12.4. The quantitative estimate of drug-likeness (QED) is 0.693. The lowest BCUT2D eigenvalue weighted by molar-refractivity contribution is -0.885. The van der Waals surface area contributed by atoms with Crippen molar-refractivity contribution in [2.24, 2.45) is 0 Å². The number of carbonyl (C=O) groups is 1. The number of methoxy groups -OCH3 is 4. The molecule has 0 aliphatic carbocycles. The van der Waals surface area contributed by atoms with Gasteiger partial charge in [-0.2, -0.15) is 0 Å². The number of carbonyl (C=O) groups excluding carboxylic acids is 1. The van der Waals surface area contributed by atoms with Gasteiger partial charge in [0.15, 0.2) is 29.5 Å². The van der Waals surface area contributed by atoms with Crippen LogP contribution in [0.5, 0.6) is 23.0 Å². The van der Waals surface area contributed by atoms with E-state index in [4.69, 9.17) is 18.9 Å². The van der Waals surface area contributed by atoms with Crippen LogP contribution in [0, 0.1) is 0 Å². The number of amides is 1. The van der Waals surface area contributed by atoms with Crippen LogP contribution in [0.15, 0.2) is 36.4 Å². The number of ether oxygens (including phenoxy) is 4. The predicted molar refractivity (Wildman–Crippen MR) is 103 cm³/mol. The molecule has 0 aliphatic rings. The summed E-state index contributed by atoms with van der Waals surface area (Å²) in [6.45, 7) is 0.925. The Morgan fingerprint density at radius 3 is 2.26 bits per heavy atom. The van der Waals surface area contributed by atoms with Crippen molar-refractivity contribution in [3.63, 3.8) is 0 Å². The molecule has 0 saturated carbocycles. The zero-order valence-corrected chi connectivity index (χ0v) is 16.4. The molecule has 0 saturated heterocycles. The van der Waals surface area contributed by atoms with Gasteiger partial charge < -0.3 is 29.2 Å². The molecule has 2 rings (SSSR count). The summed E-state index contributed by atoms with van der Waals surface area (Å²) in [7, 11) is 8.30. The first-order valence-electron chi connectivity index (χ1n) is 8.55. The van der Waals surface area contributed by atoms with Gasteiger partial charge in [-0.3, -0.25) is 4.79 Å². The van der Waals surface area contributed by atoms with Crippen molar-refractivity contribution in [3.05, 3.63) is 42.0 Å². The summed E-state index contributed by atoms with van der Waals surface area (Å²) in [4.78, 5) is 13.4. The van der Waals surface area contributed by atoms with Crippen LogP contribution in [0.2, 0.25) is 0 Å². The molecule has 146 valence electrons. The smallest absolute Gasteiger partial charge is 0.279 e. The number of para-hydroxylation sites is 1. The lowest BCUT2D eigenvalue weighted by Gasteiger charge is -2.17. The minimum atomic E-state index is -0.0958. The van der Waals surface area contributed by atoms with Gasteiger partial charge >= 0.3 is 0 Å². The Kier molecular flexibility index (Phi) is 7.31. The van der Waals surface area contributed by atoms with Crippen LogP contribution in [-0.4, -0.2) is 47.9 Å². The van der Waals surface area contributed by atoms with E-state index in [9.17, 15) is 4.79 Å². The number of anilines is 1. The second-order valence-electron chi connectivity index (χ2n) is 6.08. The van der Waals surface area contributed by atoms with Crippen molar-refractivity contribution in [2.75, 3.05) is 47.3 Å². The third-order valence-corrected chi connectivity index (χ3v) is 4.11. The number of hydrogen-bond acceptors (Lipinski definition) is 5. The van der Waals surface area contributed by atoms with Gasteiger partial charge in [0, 0.05) is 11.8 Å². The van der Waals surface area contributed by atoms with Crippen molar-refractivity contribution in [2.45, 2.75) is 6.54 Å². The maximum Gasteiger partial charge on any atom is 0.279 e. The molecule has 0 heterocycles. The molecule has 2 aromatic rings. The summed E-state index contributed by atoms with van der Waals surface area (Å²) < 4.78 is 21.2. The number of nitrogens with one attached hydrogen (secondary N) is 2. The average Bonchev–Trinajstić information content (AvgIpc) is 2.67. The van der Waals surface area contributed by atoms with Crippen molar-refractivity contribution in [1.82, 2.24) is 0 Å². The van der Waals surface area contributed by atoms with Gasteiger partial charge in [-0.05, 0) is 24.3 Å². The summed E-state index contributed by atoms with van der Waals surface area (Å²) in [5, 5.41) is 2.88. The zero-order chi connectivity index (χ0) is 19.8. The van der Waals surface area contributed by atoms with Gasteiger partial charge in [0.05, 0.1) is 41.1 Å². The molecule has 0 radical (unpaired) electrons. The number of rotatable bonds is 9. The van der Waals surface area contributed by atoms with E-state index in [-0.39, 0.29) is 5.91 Å². The Morgan fingerprint density at radius 1 is 0.926 bits per heavy atom. The number of likely N-dealkylation sites (N-methyl/N-ethyl adjacent to an activating group) is 1. The Balaban J connectivity index is 2.00. The standard InChI is InChI=1S/C20H26N2O5/c1-22(12-14-7-6-8-17(25-3)20(14)27-5)13-19(23)21-15-9-10-16(24-2)18(11-15)26-4/h6-11H,12-13H2,1-5H3,(H,21,23)/p+1. The third-order valence-electron chi connectivity index (χ3n) is 4.11. The van der Waals surface area contributed by atoms with Crippen molar-refractivity contribution >= 4 is 11.6 Å². The van der Waals surface area contributed by atoms with Crippen LogP contribution in [0.4, 0.5) is 5.69 Å². The normalized spacial score (nSPS) is 11.4. The fourth-order valence-corrected chi connectivity index (χ4v) is 2.87. The van der Waals surface area contributed by atoms with E-state index in [0.29, 0.717) is 41.8 Å². The first-order valence-corrected chi connectivity index (χ1v) is 8.55. The van der Waals surface area contributed by atoms with Crippen molar-refractivity contribution in [1.29, 1.82) is 0 Å². The predicted octanol–water partition coefficient (Wildman–Crippen LogP) is 1.37. The molecule has 1 atom stereocenters. The van der Waals surface area contributed by atoms with Gasteiger partial charge in [-0.25, -0.2) is 0 Å². The lowest BCUT2D eigenvalue weighted by Crippen LogP contribution is -3.08. The molecule has 27 heavy (non-hydrogen) atoms. The molecule has 2 N–H and O–H groups in total. The largest absolute Gasteiger partial charge is 0.493 e. The molecule has 0 aromatic heterocycles. The third kappa shape index (κ3) is 5.27. The molecule has 0 bridgehead atoms. The highest BCUT2D eigenvalue weighted by molar-refractivity contribution is 5.91. The van der Waals surface area contributed by atoms with Gasteiger partial charge in [-0.1, -0.05) is 6.07 Å². The van der Waals surface area contributed by atoms with Crippen LogP contribution in [0.3, 0.4) is 0 Å². The Morgan fingerprint density at radius 2 is 1.63 bits per heavy atom. The fraction of sp³-hybridized carbons (Fsp3) is 0.350. The van der Waals surface area contributed by atoms with E-state index in [2.05, 4.69) is 5.32 Å². The highest BCUT2D eigenvalue weighted by Crippen LogP contribution is 2.30. The van der Waals surface area contributed by atoms with E-state index in [1.54, 1.807) is 46.6 Å². The molecule has 2 aromatic carbocycles. The van der Waals surface area contributed by atoms with E-state index in [1.165, 1.54) is 0 Å². The van der Waals surface area contributed by atoms with Crippen LogP contribution in [0.25, 0.3) is 0 Å². The molecule has 0 aliphatic heterocycles. The van der Waals surface area contributed by atoms with Crippen molar-refractivity contribution < 1.29 is 28.6 Å². The van der Waals surface area contributed by atoms with E-state index < -0.39 is 0 Å². The molecule has 0 fully saturated rings. The number of benzene rings is 2. The SMILES string of the molecule is COc1ccc(NC(=O)C[NH+](C)Cc2cccc(OC)c2OC)cc1OC. The molecular weight excluding hydrogens is 348 g/mol. The summed E-state index contributed by atoms with van der Waals surface area (Å²) in [6, 6.07) is 11.0. The van der Waals surface area contributed by atoms with Crippen molar-refractivity contribution in [3.8, 4) is 23.0 Å². The monoisotopic (exact) mass is 375 g/mol. The van der Waals surface area contributed by atoms with Crippen LogP contribution in [0.1, 0.15) is 5.56 Å². The highest BCUT2D eigenvalue weighted by Gasteiger charge is 2.16. The summed E-state index contributed by atoms with van der Waals surface area (Å²) in [5.74, 6) is 2.46. The topological polar surface area (TPSA) is 70.5 Å². The minimum Gasteiger partial charge on any atom is -0.493 e. The molecule has 0 spiro atoms. The summed E-state index contributed by atoms with van der Waals surface area (Å²) in [5.41, 5.74) is 1.64. The van der Waals surface area contributed by atoms with Crippen LogP contribution < -0.4 is 29.2 Å².